The van der Waals surface area contributed by atoms with Gasteiger partial charge in [-0.3, -0.25) is 4.99 Å². The van der Waals surface area contributed by atoms with Crippen LogP contribution in [0.4, 0.5) is 5.69 Å². The molecular formula is C14H12NO. The van der Waals surface area contributed by atoms with Crippen molar-refractivity contribution in [2.45, 2.75) is 6.92 Å². The predicted molar refractivity (Wildman–Crippen MR) is 65.3 cm³/mol. The molecule has 0 atom stereocenters. The summed E-state index contributed by atoms with van der Waals surface area (Å²) in [4.78, 5) is 4.43. The van der Waals surface area contributed by atoms with E-state index in [9.17, 15) is 5.11 Å². The number of aliphatic imine (C=N–C) groups is 1. The lowest BCUT2D eigenvalue weighted by molar-refractivity contribution is 0.474. The minimum atomic E-state index is 0.208. The number of rotatable bonds is 2. The third-order valence-corrected chi connectivity index (χ3v) is 2.29. The van der Waals surface area contributed by atoms with Crippen LogP contribution in [0.1, 0.15) is 12.5 Å². The first kappa shape index (κ1) is 10.4. The van der Waals surface area contributed by atoms with Crippen molar-refractivity contribution in [3.63, 3.8) is 0 Å². The van der Waals surface area contributed by atoms with E-state index in [2.05, 4.69) is 11.1 Å². The third-order valence-electron chi connectivity index (χ3n) is 2.29. The predicted octanol–water partition coefficient (Wildman–Crippen LogP) is 3.33. The standard InChI is InChI=1S/C14H12NO/c1-11(13-9-5-6-10-14(13)16)15-12-7-3-2-4-8-12/h2-5,7-10,16H,1H3. The molecule has 2 rings (SSSR count). The van der Waals surface area contributed by atoms with Gasteiger partial charge in [-0.05, 0) is 37.3 Å². The molecular weight excluding hydrogens is 198 g/mol. The molecule has 0 saturated carbocycles. The van der Waals surface area contributed by atoms with Gasteiger partial charge in [-0.2, -0.15) is 0 Å². The Morgan fingerprint density at radius 1 is 1.19 bits per heavy atom. The van der Waals surface area contributed by atoms with Crippen LogP contribution in [-0.4, -0.2) is 10.8 Å². The van der Waals surface area contributed by atoms with E-state index in [-0.39, 0.29) is 5.75 Å². The monoisotopic (exact) mass is 210 g/mol. The Balaban J connectivity index is 2.36. The van der Waals surface area contributed by atoms with E-state index in [4.69, 9.17) is 0 Å². The summed E-state index contributed by atoms with van der Waals surface area (Å²) in [6.07, 6.45) is 0. The Morgan fingerprint density at radius 2 is 1.94 bits per heavy atom. The lowest BCUT2D eigenvalue weighted by Crippen LogP contribution is -1.93. The van der Waals surface area contributed by atoms with Crippen LogP contribution in [0.25, 0.3) is 0 Å². The largest absolute Gasteiger partial charge is 0.507 e. The summed E-state index contributed by atoms with van der Waals surface area (Å²) in [6.45, 7) is 1.88. The second kappa shape index (κ2) is 4.62. The van der Waals surface area contributed by atoms with Crippen LogP contribution in [0, 0.1) is 6.07 Å². The van der Waals surface area contributed by atoms with E-state index >= 15 is 0 Å². The van der Waals surface area contributed by atoms with E-state index in [1.54, 1.807) is 18.2 Å². The topological polar surface area (TPSA) is 32.6 Å². The number of phenolic OH excluding ortho intramolecular Hbond substituents is 1. The molecule has 0 heterocycles. The van der Waals surface area contributed by atoms with Gasteiger partial charge in [0.15, 0.2) is 0 Å². The molecule has 0 aromatic heterocycles. The molecule has 0 unspecified atom stereocenters. The summed E-state index contributed by atoms with van der Waals surface area (Å²) in [5.41, 5.74) is 2.41. The minimum Gasteiger partial charge on any atom is -0.507 e. The number of benzene rings is 2. The van der Waals surface area contributed by atoms with Crippen LogP contribution in [0.15, 0.2) is 53.5 Å². The van der Waals surface area contributed by atoms with Gasteiger partial charge >= 0.3 is 0 Å². The molecule has 16 heavy (non-hydrogen) atoms. The van der Waals surface area contributed by atoms with Gasteiger partial charge in [-0.1, -0.05) is 24.3 Å². The molecule has 2 nitrogen and oxygen atoms in total. The van der Waals surface area contributed by atoms with Crippen molar-refractivity contribution in [1.82, 2.24) is 0 Å². The molecule has 0 spiro atoms. The summed E-state index contributed by atoms with van der Waals surface area (Å²) in [6, 6.07) is 17.6. The van der Waals surface area contributed by atoms with Crippen LogP contribution in [0.2, 0.25) is 0 Å². The molecule has 0 aliphatic rings. The summed E-state index contributed by atoms with van der Waals surface area (Å²) in [5, 5.41) is 9.65. The molecule has 2 aromatic rings. The van der Waals surface area contributed by atoms with E-state index in [0.717, 1.165) is 17.0 Å². The van der Waals surface area contributed by atoms with Crippen molar-refractivity contribution >= 4 is 11.4 Å². The smallest absolute Gasteiger partial charge is 0.125 e. The van der Waals surface area contributed by atoms with Crippen LogP contribution < -0.4 is 0 Å². The van der Waals surface area contributed by atoms with Gasteiger partial charge in [0.2, 0.25) is 0 Å². The molecule has 0 aliphatic carbocycles. The lowest BCUT2D eigenvalue weighted by atomic mass is 10.1. The van der Waals surface area contributed by atoms with E-state index in [0.29, 0.717) is 0 Å². The SMILES string of the molecule is CC(=Nc1ccccc1)c1cc[c]cc1O. The van der Waals surface area contributed by atoms with Crippen molar-refractivity contribution in [2.24, 2.45) is 4.99 Å². The second-order valence-electron chi connectivity index (χ2n) is 3.48. The summed E-state index contributed by atoms with van der Waals surface area (Å²) in [7, 11) is 0. The number of hydrogen-bond acceptors (Lipinski definition) is 2. The Labute approximate surface area is 94.9 Å². The normalized spacial score (nSPS) is 11.4. The highest BCUT2D eigenvalue weighted by atomic mass is 16.3. The molecule has 1 N–H and O–H groups in total. The first-order chi connectivity index (χ1) is 7.77. The maximum absolute atomic E-state index is 9.65. The summed E-state index contributed by atoms with van der Waals surface area (Å²) >= 11 is 0. The zero-order valence-electron chi connectivity index (χ0n) is 9.01. The summed E-state index contributed by atoms with van der Waals surface area (Å²) in [5.74, 6) is 0.208. The van der Waals surface area contributed by atoms with Crippen molar-refractivity contribution in [3.8, 4) is 5.75 Å². The van der Waals surface area contributed by atoms with Crippen molar-refractivity contribution in [2.75, 3.05) is 0 Å². The second-order valence-corrected chi connectivity index (χ2v) is 3.48. The summed E-state index contributed by atoms with van der Waals surface area (Å²) < 4.78 is 0. The first-order valence-corrected chi connectivity index (χ1v) is 5.07. The fourth-order valence-electron chi connectivity index (χ4n) is 1.48. The number of hydrogen-bond donors (Lipinski definition) is 1. The quantitative estimate of drug-likeness (QED) is 0.757. The third kappa shape index (κ3) is 2.28. The Bertz CT molecular complexity index is 503. The minimum absolute atomic E-state index is 0.208. The Kier molecular flexibility index (Phi) is 3.01. The fraction of sp³-hybridized carbons (Fsp3) is 0.0714. The van der Waals surface area contributed by atoms with Gasteiger partial charge in [0.25, 0.3) is 0 Å². The highest BCUT2D eigenvalue weighted by molar-refractivity contribution is 6.02. The maximum Gasteiger partial charge on any atom is 0.125 e. The van der Waals surface area contributed by atoms with Crippen molar-refractivity contribution in [1.29, 1.82) is 0 Å². The Hall–Kier alpha value is -2.09. The highest BCUT2D eigenvalue weighted by Crippen LogP contribution is 2.19. The van der Waals surface area contributed by atoms with Gasteiger partial charge in [0, 0.05) is 11.3 Å². The van der Waals surface area contributed by atoms with Gasteiger partial charge < -0.3 is 5.11 Å². The number of aromatic hydroxyl groups is 1. The zero-order chi connectivity index (χ0) is 11.4. The first-order valence-electron chi connectivity index (χ1n) is 5.07. The number of para-hydroxylation sites is 1. The Morgan fingerprint density at radius 3 is 2.62 bits per heavy atom. The average molecular weight is 210 g/mol. The van der Waals surface area contributed by atoms with Crippen LogP contribution in [0.3, 0.4) is 0 Å². The van der Waals surface area contributed by atoms with Gasteiger partial charge in [0.1, 0.15) is 5.75 Å². The maximum atomic E-state index is 9.65. The molecule has 0 amide bonds. The van der Waals surface area contributed by atoms with Gasteiger partial charge in [0.05, 0.1) is 5.69 Å². The van der Waals surface area contributed by atoms with E-state index < -0.39 is 0 Å². The highest BCUT2D eigenvalue weighted by Gasteiger charge is 2.02. The molecule has 2 aromatic carbocycles. The van der Waals surface area contributed by atoms with Gasteiger partial charge in [-0.15, -0.1) is 0 Å². The van der Waals surface area contributed by atoms with E-state index in [1.165, 1.54) is 0 Å². The van der Waals surface area contributed by atoms with Crippen LogP contribution in [0.5, 0.6) is 5.75 Å². The van der Waals surface area contributed by atoms with Crippen molar-refractivity contribution in [3.05, 3.63) is 60.2 Å². The molecule has 0 saturated heterocycles. The zero-order valence-corrected chi connectivity index (χ0v) is 9.01. The number of nitrogens with zero attached hydrogens (tertiary/aromatic N) is 1. The molecule has 0 aliphatic heterocycles. The van der Waals surface area contributed by atoms with Crippen LogP contribution >= 0.6 is 0 Å². The number of phenols is 1. The van der Waals surface area contributed by atoms with E-state index in [1.807, 2.05) is 37.3 Å². The molecule has 1 radical (unpaired) electrons. The fourth-order valence-corrected chi connectivity index (χ4v) is 1.48. The lowest BCUT2D eigenvalue weighted by Gasteiger charge is -2.03. The molecule has 0 bridgehead atoms. The van der Waals surface area contributed by atoms with Gasteiger partial charge in [-0.25, -0.2) is 0 Å². The molecule has 0 fully saturated rings. The molecule has 79 valence electrons. The molecule has 2 heteroatoms. The van der Waals surface area contributed by atoms with Crippen LogP contribution in [-0.2, 0) is 0 Å². The van der Waals surface area contributed by atoms with Crippen molar-refractivity contribution < 1.29 is 5.11 Å². The average Bonchev–Trinajstić information content (AvgIpc) is 2.31.